The number of hydrogen-bond donors (Lipinski definition) is 2. The summed E-state index contributed by atoms with van der Waals surface area (Å²) in [4.78, 5) is 15.5. The van der Waals surface area contributed by atoms with Crippen molar-refractivity contribution in [2.45, 2.75) is 56.8 Å². The number of carbonyl (C=O) groups is 1. The number of primary amides is 1. The van der Waals surface area contributed by atoms with Gasteiger partial charge in [0.1, 0.15) is 0 Å². The third-order valence-corrected chi connectivity index (χ3v) is 5.77. The van der Waals surface area contributed by atoms with Crippen LogP contribution in [0.1, 0.15) is 68.0 Å². The van der Waals surface area contributed by atoms with Gasteiger partial charge in [-0.05, 0) is 42.7 Å². The van der Waals surface area contributed by atoms with Crippen molar-refractivity contribution in [3.05, 3.63) is 35.5 Å². The zero-order valence-corrected chi connectivity index (χ0v) is 16.0. The van der Waals surface area contributed by atoms with E-state index in [4.69, 9.17) is 5.73 Å². The molecule has 1 heterocycles. The molecule has 3 nitrogen and oxygen atoms in total. The summed E-state index contributed by atoms with van der Waals surface area (Å²) in [6.45, 7) is 0. The molecule has 1 aromatic carbocycles. The molecule has 1 amide bonds. The van der Waals surface area contributed by atoms with E-state index < -0.39 is 0 Å². The molecule has 2 atom stereocenters. The minimum Gasteiger partial charge on any atom is -0.369 e. The van der Waals surface area contributed by atoms with E-state index in [0.717, 1.165) is 24.3 Å². The van der Waals surface area contributed by atoms with Crippen LogP contribution in [0.3, 0.4) is 0 Å². The zero-order valence-electron chi connectivity index (χ0n) is 14.0. The van der Waals surface area contributed by atoms with Crippen LogP contribution in [0.4, 0.5) is 0 Å². The van der Waals surface area contributed by atoms with Gasteiger partial charge >= 0.3 is 0 Å². The molecule has 2 aliphatic rings. The van der Waals surface area contributed by atoms with Gasteiger partial charge in [-0.1, -0.05) is 43.9 Å². The summed E-state index contributed by atoms with van der Waals surface area (Å²) in [5.74, 6) is 1.15. The van der Waals surface area contributed by atoms with Crippen molar-refractivity contribution in [1.82, 2.24) is 4.98 Å². The zero-order chi connectivity index (χ0) is 15.1. The number of aromatic amines is 1. The predicted octanol–water partition coefficient (Wildman–Crippen LogP) is 3.81. The molecule has 23 heavy (non-hydrogen) atoms. The van der Waals surface area contributed by atoms with E-state index in [1.807, 2.05) is 0 Å². The van der Waals surface area contributed by atoms with Gasteiger partial charge in [-0.3, -0.25) is 4.79 Å². The number of H-pyrrole nitrogens is 1. The van der Waals surface area contributed by atoms with Crippen molar-refractivity contribution in [2.24, 2.45) is 11.7 Å². The van der Waals surface area contributed by atoms with E-state index in [2.05, 4.69) is 29.2 Å². The number of hydrogen-bond acceptors (Lipinski definition) is 1. The van der Waals surface area contributed by atoms with Crippen LogP contribution in [0.25, 0.3) is 10.9 Å². The summed E-state index contributed by atoms with van der Waals surface area (Å²) in [5, 5.41) is 1.19. The first-order valence-corrected chi connectivity index (χ1v) is 8.64. The van der Waals surface area contributed by atoms with Gasteiger partial charge in [0.25, 0.3) is 0 Å². The first-order valence-electron chi connectivity index (χ1n) is 8.64. The van der Waals surface area contributed by atoms with Crippen LogP contribution in [0, 0.1) is 5.92 Å². The van der Waals surface area contributed by atoms with Crippen LogP contribution in [-0.4, -0.2) is 40.4 Å². The molecule has 1 radical (unpaired) electrons. The van der Waals surface area contributed by atoms with Gasteiger partial charge in [0, 0.05) is 46.2 Å². The Morgan fingerprint density at radius 3 is 2.61 bits per heavy atom. The fourth-order valence-electron chi connectivity index (χ4n) is 4.71. The molecule has 1 saturated carbocycles. The van der Waals surface area contributed by atoms with Crippen molar-refractivity contribution < 1.29 is 4.79 Å². The maximum absolute atomic E-state index is 11.9. The van der Waals surface area contributed by atoms with Gasteiger partial charge in [0.15, 0.2) is 0 Å². The number of para-hydroxylation sites is 1. The first-order chi connectivity index (χ1) is 10.7. The number of amides is 1. The molecule has 0 saturated heterocycles. The molecular weight excluding hydrogens is 295 g/mol. The minimum atomic E-state index is -0.176. The second-order valence-corrected chi connectivity index (χ2v) is 7.11. The molecule has 0 spiro atoms. The van der Waals surface area contributed by atoms with Gasteiger partial charge < -0.3 is 10.7 Å². The summed E-state index contributed by atoms with van der Waals surface area (Å²) in [7, 11) is 0. The molecule has 1 fully saturated rings. The maximum atomic E-state index is 11.9. The smallest absolute Gasteiger partial charge is 0.225 e. The Morgan fingerprint density at radius 2 is 1.87 bits per heavy atom. The van der Waals surface area contributed by atoms with Crippen molar-refractivity contribution in [2.75, 3.05) is 0 Å². The quantitative estimate of drug-likeness (QED) is 0.830. The molecule has 117 valence electrons. The Bertz CT molecular complexity index is 702. The van der Waals surface area contributed by atoms with E-state index in [9.17, 15) is 4.79 Å². The fraction of sp³-hybridized carbons (Fsp3) is 0.526. The van der Waals surface area contributed by atoms with Gasteiger partial charge in [0.05, 0.1) is 5.92 Å². The number of carbonyl (C=O) groups excluding carboxylic acids is 1. The van der Waals surface area contributed by atoms with Crippen molar-refractivity contribution in [3.63, 3.8) is 0 Å². The second kappa shape index (κ2) is 7.00. The molecular formula is C19H24N2NaO. The van der Waals surface area contributed by atoms with Crippen LogP contribution in [0.15, 0.2) is 24.3 Å². The summed E-state index contributed by atoms with van der Waals surface area (Å²) in [6.07, 6.45) is 8.80. The van der Waals surface area contributed by atoms with Crippen LogP contribution < -0.4 is 5.73 Å². The summed E-state index contributed by atoms with van der Waals surface area (Å²) in [6, 6.07) is 8.33. The molecule has 2 aliphatic carbocycles. The third kappa shape index (κ3) is 3.11. The van der Waals surface area contributed by atoms with E-state index in [1.54, 1.807) is 0 Å². The minimum absolute atomic E-state index is 0. The standard InChI is InChI=1S/C19H24N2O.Na/c20-19(22)15-10-9-13(11-12-5-1-2-6-12)18-17(15)14-7-3-4-8-16(14)21-18;/h3-4,7-8,12-13,15,21H,1-2,5-6,9-11H2,(H2,20,22);. The van der Waals surface area contributed by atoms with E-state index >= 15 is 0 Å². The number of rotatable bonds is 3. The maximum Gasteiger partial charge on any atom is 0.225 e. The molecule has 2 unspecified atom stereocenters. The largest absolute Gasteiger partial charge is 0.369 e. The monoisotopic (exact) mass is 319 g/mol. The molecule has 1 aromatic heterocycles. The fourth-order valence-corrected chi connectivity index (χ4v) is 4.71. The summed E-state index contributed by atoms with van der Waals surface area (Å²) >= 11 is 0. The van der Waals surface area contributed by atoms with E-state index in [0.29, 0.717) is 5.92 Å². The molecule has 0 bridgehead atoms. The number of nitrogens with one attached hydrogen (secondary N) is 1. The normalized spacial score (nSPS) is 24.3. The number of benzene rings is 1. The Hall–Kier alpha value is -0.770. The SMILES string of the molecule is NC(=O)C1CCC(CC2CCCC2)c2[nH]c3ccccc3c21.[Na]. The molecule has 4 heteroatoms. The Labute approximate surface area is 159 Å². The van der Waals surface area contributed by atoms with Crippen molar-refractivity contribution in [1.29, 1.82) is 0 Å². The van der Waals surface area contributed by atoms with E-state index in [1.165, 1.54) is 48.7 Å². The Morgan fingerprint density at radius 1 is 1.13 bits per heavy atom. The molecule has 4 rings (SSSR count). The molecule has 2 aromatic rings. The van der Waals surface area contributed by atoms with Gasteiger partial charge in [-0.2, -0.15) is 0 Å². The number of aromatic nitrogens is 1. The summed E-state index contributed by atoms with van der Waals surface area (Å²) < 4.78 is 0. The van der Waals surface area contributed by atoms with Gasteiger partial charge in [0.2, 0.25) is 5.91 Å². The first kappa shape index (κ1) is 17.1. The topological polar surface area (TPSA) is 58.9 Å². The number of nitrogens with two attached hydrogens (primary N) is 1. The summed E-state index contributed by atoms with van der Waals surface area (Å²) in [5.41, 5.74) is 9.33. The molecule has 3 N–H and O–H groups in total. The van der Waals surface area contributed by atoms with Gasteiger partial charge in [-0.25, -0.2) is 0 Å². The van der Waals surface area contributed by atoms with E-state index in [-0.39, 0.29) is 41.4 Å². The molecule has 0 aliphatic heterocycles. The van der Waals surface area contributed by atoms with Crippen molar-refractivity contribution in [3.8, 4) is 0 Å². The second-order valence-electron chi connectivity index (χ2n) is 7.11. The third-order valence-electron chi connectivity index (χ3n) is 5.77. The van der Waals surface area contributed by atoms with Crippen LogP contribution in [-0.2, 0) is 4.79 Å². The van der Waals surface area contributed by atoms with Gasteiger partial charge in [-0.15, -0.1) is 0 Å². The predicted molar refractivity (Wildman–Crippen MR) is 94.5 cm³/mol. The number of fused-ring (bicyclic) bond motifs is 3. The van der Waals surface area contributed by atoms with Crippen LogP contribution >= 0.6 is 0 Å². The Kier molecular flexibility index (Phi) is 5.19. The Balaban J connectivity index is 0.00000156. The van der Waals surface area contributed by atoms with Crippen LogP contribution in [0.5, 0.6) is 0 Å². The van der Waals surface area contributed by atoms with Crippen LogP contribution in [0.2, 0.25) is 0 Å². The average molecular weight is 319 g/mol. The average Bonchev–Trinajstić information content (AvgIpc) is 3.14. The van der Waals surface area contributed by atoms with Crippen molar-refractivity contribution >= 4 is 46.4 Å².